The zero-order valence-electron chi connectivity index (χ0n) is 12.3. The van der Waals surface area contributed by atoms with Crippen LogP contribution in [0.2, 0.25) is 5.02 Å². The van der Waals surface area contributed by atoms with Gasteiger partial charge in [0.05, 0.1) is 0 Å². The third kappa shape index (κ3) is 3.58. The zero-order chi connectivity index (χ0) is 14.7. The van der Waals surface area contributed by atoms with E-state index < -0.39 is 0 Å². The molecule has 1 aliphatic rings. The van der Waals surface area contributed by atoms with E-state index in [1.54, 1.807) is 0 Å². The lowest BCUT2D eigenvalue weighted by atomic mass is 10.1. The summed E-state index contributed by atoms with van der Waals surface area (Å²) >= 11 is 6.46. The van der Waals surface area contributed by atoms with Crippen molar-refractivity contribution in [3.8, 4) is 0 Å². The van der Waals surface area contributed by atoms with E-state index >= 15 is 0 Å². The summed E-state index contributed by atoms with van der Waals surface area (Å²) in [6, 6.07) is 17.5. The maximum Gasteiger partial charge on any atom is 0.0471 e. The molecule has 110 valence electrons. The van der Waals surface area contributed by atoms with Gasteiger partial charge in [-0.25, -0.2) is 0 Å². The normalized spacial score (nSPS) is 14.2. The number of anilines is 2. The van der Waals surface area contributed by atoms with Crippen LogP contribution in [0.5, 0.6) is 0 Å². The first-order chi connectivity index (χ1) is 10.3. The molecule has 1 aliphatic carbocycles. The van der Waals surface area contributed by atoms with Gasteiger partial charge < -0.3 is 10.2 Å². The number of hydrogen-bond donors (Lipinski definition) is 1. The molecule has 1 fully saturated rings. The third-order valence-electron chi connectivity index (χ3n) is 3.89. The van der Waals surface area contributed by atoms with Crippen molar-refractivity contribution in [1.29, 1.82) is 0 Å². The van der Waals surface area contributed by atoms with Gasteiger partial charge in [-0.3, -0.25) is 0 Å². The Bertz CT molecular complexity index is 593. The van der Waals surface area contributed by atoms with Crippen molar-refractivity contribution in [2.75, 3.05) is 11.4 Å². The van der Waals surface area contributed by atoms with E-state index in [4.69, 9.17) is 11.6 Å². The molecule has 2 nitrogen and oxygen atoms in total. The van der Waals surface area contributed by atoms with Crippen molar-refractivity contribution in [2.45, 2.75) is 32.4 Å². The van der Waals surface area contributed by atoms with Crippen molar-refractivity contribution in [2.24, 2.45) is 0 Å². The molecule has 0 bridgehead atoms. The molecule has 0 amide bonds. The number of nitrogens with one attached hydrogen (secondary N) is 1. The number of para-hydroxylation sites is 1. The number of rotatable bonds is 6. The van der Waals surface area contributed by atoms with Crippen LogP contribution in [0.25, 0.3) is 0 Å². The monoisotopic (exact) mass is 300 g/mol. The minimum atomic E-state index is 0.706. The Morgan fingerprint density at radius 2 is 1.86 bits per heavy atom. The number of nitrogens with zero attached hydrogens (tertiary/aromatic N) is 1. The van der Waals surface area contributed by atoms with Crippen LogP contribution in [0.15, 0.2) is 48.5 Å². The summed E-state index contributed by atoms with van der Waals surface area (Å²) in [5.41, 5.74) is 3.51. The maximum atomic E-state index is 6.46. The largest absolute Gasteiger partial charge is 0.342 e. The van der Waals surface area contributed by atoms with E-state index in [2.05, 4.69) is 59.6 Å². The average molecular weight is 301 g/mol. The Morgan fingerprint density at radius 1 is 1.10 bits per heavy atom. The van der Waals surface area contributed by atoms with Crippen LogP contribution in [0.1, 0.15) is 25.3 Å². The van der Waals surface area contributed by atoms with Crippen molar-refractivity contribution >= 4 is 23.0 Å². The molecular formula is C18H21ClN2. The smallest absolute Gasteiger partial charge is 0.0471 e. The Kier molecular flexibility index (Phi) is 4.47. The summed E-state index contributed by atoms with van der Waals surface area (Å²) in [6.45, 7) is 3.94. The van der Waals surface area contributed by atoms with Gasteiger partial charge in [0.25, 0.3) is 0 Å². The van der Waals surface area contributed by atoms with Crippen molar-refractivity contribution in [3.05, 3.63) is 59.1 Å². The Balaban J connectivity index is 1.79. The Labute approximate surface area is 131 Å². The van der Waals surface area contributed by atoms with Crippen LogP contribution in [-0.2, 0) is 6.54 Å². The lowest BCUT2D eigenvalue weighted by molar-refractivity contribution is 0.688. The molecule has 0 unspecified atom stereocenters. The molecule has 1 saturated carbocycles. The quantitative estimate of drug-likeness (QED) is 0.828. The number of benzene rings is 2. The van der Waals surface area contributed by atoms with Gasteiger partial charge in [0.15, 0.2) is 0 Å². The summed E-state index contributed by atoms with van der Waals surface area (Å²) in [4.78, 5) is 2.27. The van der Waals surface area contributed by atoms with Gasteiger partial charge in [0.2, 0.25) is 0 Å². The highest BCUT2D eigenvalue weighted by atomic mass is 35.5. The molecule has 2 aromatic rings. The number of hydrogen-bond acceptors (Lipinski definition) is 2. The maximum absolute atomic E-state index is 6.46. The van der Waals surface area contributed by atoms with Gasteiger partial charge in [0, 0.05) is 35.5 Å². The van der Waals surface area contributed by atoms with Gasteiger partial charge >= 0.3 is 0 Å². The van der Waals surface area contributed by atoms with Crippen molar-refractivity contribution in [3.63, 3.8) is 0 Å². The first-order valence-electron chi connectivity index (χ1n) is 7.62. The molecule has 0 spiro atoms. The first-order valence-corrected chi connectivity index (χ1v) is 8.00. The molecule has 1 N–H and O–H groups in total. The topological polar surface area (TPSA) is 15.3 Å². The molecule has 0 aromatic heterocycles. The minimum Gasteiger partial charge on any atom is -0.342 e. The molecular weight excluding hydrogens is 280 g/mol. The van der Waals surface area contributed by atoms with Gasteiger partial charge in [-0.2, -0.15) is 0 Å². The second-order valence-electron chi connectivity index (χ2n) is 5.51. The lowest BCUT2D eigenvalue weighted by Gasteiger charge is -2.24. The second kappa shape index (κ2) is 6.50. The van der Waals surface area contributed by atoms with E-state index in [0.717, 1.165) is 23.8 Å². The van der Waals surface area contributed by atoms with E-state index in [1.165, 1.54) is 24.1 Å². The Hall–Kier alpha value is -1.51. The van der Waals surface area contributed by atoms with Crippen LogP contribution in [0.4, 0.5) is 11.4 Å². The van der Waals surface area contributed by atoms with Gasteiger partial charge in [-0.05, 0) is 49.6 Å². The fourth-order valence-electron chi connectivity index (χ4n) is 2.51. The summed E-state index contributed by atoms with van der Waals surface area (Å²) in [6.07, 6.45) is 2.60. The predicted octanol–water partition coefficient (Wildman–Crippen LogP) is 4.75. The summed E-state index contributed by atoms with van der Waals surface area (Å²) in [5.74, 6) is 0. The summed E-state index contributed by atoms with van der Waals surface area (Å²) < 4.78 is 0. The summed E-state index contributed by atoms with van der Waals surface area (Å²) in [5, 5.41) is 4.35. The van der Waals surface area contributed by atoms with Crippen LogP contribution in [-0.4, -0.2) is 12.6 Å². The highest BCUT2D eigenvalue weighted by Gasteiger charge is 2.20. The van der Waals surface area contributed by atoms with Crippen LogP contribution >= 0.6 is 11.6 Å². The standard InChI is InChI=1S/C18H21ClN2/c1-2-21(16-6-4-3-5-7-16)17-11-8-14(18(19)12-17)13-20-15-9-10-15/h3-8,11-12,15,20H,2,9-10,13H2,1H3. The van der Waals surface area contributed by atoms with Crippen molar-refractivity contribution < 1.29 is 0 Å². The van der Waals surface area contributed by atoms with E-state index in [-0.39, 0.29) is 0 Å². The minimum absolute atomic E-state index is 0.706. The lowest BCUT2D eigenvalue weighted by Crippen LogP contribution is -2.17. The molecule has 3 rings (SSSR count). The van der Waals surface area contributed by atoms with E-state index in [0.29, 0.717) is 6.04 Å². The SMILES string of the molecule is CCN(c1ccccc1)c1ccc(CNC2CC2)c(Cl)c1. The number of halogens is 1. The fourth-order valence-corrected chi connectivity index (χ4v) is 2.75. The van der Waals surface area contributed by atoms with Gasteiger partial charge in [0.1, 0.15) is 0 Å². The highest BCUT2D eigenvalue weighted by Crippen LogP contribution is 2.29. The van der Waals surface area contributed by atoms with Crippen molar-refractivity contribution in [1.82, 2.24) is 5.32 Å². The molecule has 0 atom stereocenters. The van der Waals surface area contributed by atoms with E-state index in [1.807, 2.05) is 6.07 Å². The molecule has 0 saturated heterocycles. The highest BCUT2D eigenvalue weighted by molar-refractivity contribution is 6.31. The third-order valence-corrected chi connectivity index (χ3v) is 4.24. The van der Waals surface area contributed by atoms with Crippen LogP contribution < -0.4 is 10.2 Å². The van der Waals surface area contributed by atoms with Gasteiger partial charge in [-0.1, -0.05) is 35.9 Å². The second-order valence-corrected chi connectivity index (χ2v) is 5.92. The summed E-state index contributed by atoms with van der Waals surface area (Å²) in [7, 11) is 0. The van der Waals surface area contributed by atoms with Gasteiger partial charge in [-0.15, -0.1) is 0 Å². The first kappa shape index (κ1) is 14.4. The zero-order valence-corrected chi connectivity index (χ0v) is 13.1. The molecule has 0 heterocycles. The fraction of sp³-hybridized carbons (Fsp3) is 0.333. The molecule has 0 radical (unpaired) electrons. The van der Waals surface area contributed by atoms with Crippen LogP contribution in [0, 0.1) is 0 Å². The molecule has 3 heteroatoms. The molecule has 2 aromatic carbocycles. The molecule has 0 aliphatic heterocycles. The Morgan fingerprint density at radius 3 is 2.48 bits per heavy atom. The molecule has 21 heavy (non-hydrogen) atoms. The average Bonchev–Trinajstić information content (AvgIpc) is 3.32. The van der Waals surface area contributed by atoms with E-state index in [9.17, 15) is 0 Å². The van der Waals surface area contributed by atoms with Crippen LogP contribution in [0.3, 0.4) is 0 Å². The predicted molar refractivity (Wildman–Crippen MR) is 90.4 cm³/mol.